The second-order valence-corrected chi connectivity index (χ2v) is 9.99. The van der Waals surface area contributed by atoms with Gasteiger partial charge in [0, 0.05) is 49.9 Å². The average Bonchev–Trinajstić information content (AvgIpc) is 3.10. The largest absolute Gasteiger partial charge is 0.451 e. The van der Waals surface area contributed by atoms with E-state index in [0.29, 0.717) is 29.6 Å². The van der Waals surface area contributed by atoms with Crippen molar-refractivity contribution in [3.8, 4) is 0 Å². The van der Waals surface area contributed by atoms with Gasteiger partial charge in [0.15, 0.2) is 15.6 Å². The van der Waals surface area contributed by atoms with Crippen LogP contribution in [0.4, 0.5) is 0 Å². The first-order valence-electron chi connectivity index (χ1n) is 10.1. The summed E-state index contributed by atoms with van der Waals surface area (Å²) in [6.07, 6.45) is 2.16. The van der Waals surface area contributed by atoms with Gasteiger partial charge in [-0.1, -0.05) is 48.5 Å². The standard InChI is InChI=1S/C23H26N2O4S/c1-30(27,28)17-20-19-9-5-6-10-21(19)29-22(20)23(26)25-15-13-24(14-16-25)12-11-18-7-3-2-4-8-18/h2-10H,11-17H2,1H3. The van der Waals surface area contributed by atoms with E-state index in [4.69, 9.17) is 4.42 Å². The minimum atomic E-state index is -3.31. The number of benzene rings is 2. The van der Waals surface area contributed by atoms with Gasteiger partial charge in [-0.15, -0.1) is 0 Å². The van der Waals surface area contributed by atoms with Crippen molar-refractivity contribution in [1.29, 1.82) is 0 Å². The third-order valence-electron chi connectivity index (χ3n) is 5.52. The average molecular weight is 427 g/mol. The monoisotopic (exact) mass is 426 g/mol. The maximum absolute atomic E-state index is 13.2. The molecule has 158 valence electrons. The fraction of sp³-hybridized carbons (Fsp3) is 0.348. The molecule has 0 unspecified atom stereocenters. The Bertz CT molecular complexity index is 1130. The predicted molar refractivity (Wildman–Crippen MR) is 117 cm³/mol. The number of para-hydroxylation sites is 1. The highest BCUT2D eigenvalue weighted by molar-refractivity contribution is 7.89. The molecule has 0 N–H and O–H groups in total. The lowest BCUT2D eigenvalue weighted by Gasteiger charge is -2.34. The Balaban J connectivity index is 1.45. The highest BCUT2D eigenvalue weighted by atomic mass is 32.2. The van der Waals surface area contributed by atoms with Gasteiger partial charge in [-0.25, -0.2) is 8.42 Å². The van der Waals surface area contributed by atoms with Gasteiger partial charge in [0.2, 0.25) is 0 Å². The number of hydrogen-bond donors (Lipinski definition) is 0. The Hall–Kier alpha value is -2.64. The number of furan rings is 1. The van der Waals surface area contributed by atoms with Gasteiger partial charge in [0.1, 0.15) is 5.58 Å². The maximum Gasteiger partial charge on any atom is 0.290 e. The molecule has 30 heavy (non-hydrogen) atoms. The van der Waals surface area contributed by atoms with Crippen LogP contribution in [-0.2, 0) is 22.0 Å². The number of nitrogens with zero attached hydrogens (tertiary/aromatic N) is 2. The molecule has 1 amide bonds. The molecule has 1 aliphatic heterocycles. The van der Waals surface area contributed by atoms with E-state index in [-0.39, 0.29) is 17.4 Å². The van der Waals surface area contributed by atoms with Crippen LogP contribution in [0.25, 0.3) is 11.0 Å². The SMILES string of the molecule is CS(=O)(=O)Cc1c(C(=O)N2CCN(CCc3ccccc3)CC2)oc2ccccc12. The Morgan fingerprint density at radius 2 is 1.63 bits per heavy atom. The molecule has 0 radical (unpaired) electrons. The van der Waals surface area contributed by atoms with Crippen LogP contribution in [0.1, 0.15) is 21.7 Å². The molecule has 1 aromatic heterocycles. The van der Waals surface area contributed by atoms with Crippen molar-refractivity contribution in [1.82, 2.24) is 9.80 Å². The first-order valence-corrected chi connectivity index (χ1v) is 12.2. The summed E-state index contributed by atoms with van der Waals surface area (Å²) in [5.41, 5.74) is 2.31. The fourth-order valence-electron chi connectivity index (χ4n) is 3.93. The van der Waals surface area contributed by atoms with Gasteiger partial charge in [0.25, 0.3) is 5.91 Å². The van der Waals surface area contributed by atoms with Gasteiger partial charge in [-0.2, -0.15) is 0 Å². The summed E-state index contributed by atoms with van der Waals surface area (Å²) in [5.74, 6) is -0.283. The van der Waals surface area contributed by atoms with E-state index in [2.05, 4.69) is 17.0 Å². The molecule has 0 aliphatic carbocycles. The molecule has 0 atom stereocenters. The van der Waals surface area contributed by atoms with Crippen molar-refractivity contribution in [2.45, 2.75) is 12.2 Å². The number of sulfone groups is 1. The molecule has 4 rings (SSSR count). The summed E-state index contributed by atoms with van der Waals surface area (Å²) in [6, 6.07) is 17.6. The zero-order valence-electron chi connectivity index (χ0n) is 17.1. The van der Waals surface area contributed by atoms with E-state index in [1.807, 2.05) is 30.3 Å². The molecule has 2 heterocycles. The van der Waals surface area contributed by atoms with Gasteiger partial charge < -0.3 is 9.32 Å². The summed E-state index contributed by atoms with van der Waals surface area (Å²) >= 11 is 0. The van der Waals surface area contributed by atoms with Gasteiger partial charge in [-0.05, 0) is 18.1 Å². The van der Waals surface area contributed by atoms with Crippen molar-refractivity contribution in [2.75, 3.05) is 39.0 Å². The molecule has 3 aromatic rings. The fourth-order valence-corrected chi connectivity index (χ4v) is 4.74. The quantitative estimate of drug-likeness (QED) is 0.606. The second-order valence-electron chi connectivity index (χ2n) is 7.85. The van der Waals surface area contributed by atoms with Crippen LogP contribution >= 0.6 is 0 Å². The van der Waals surface area contributed by atoms with Gasteiger partial charge in [0.05, 0.1) is 5.75 Å². The predicted octanol–water partition coefficient (Wildman–Crippen LogP) is 2.98. The number of piperazine rings is 1. The van der Waals surface area contributed by atoms with Crippen LogP contribution in [0, 0.1) is 0 Å². The van der Waals surface area contributed by atoms with Crippen LogP contribution < -0.4 is 0 Å². The van der Waals surface area contributed by atoms with E-state index in [1.165, 1.54) is 11.8 Å². The molecular formula is C23H26N2O4S. The first-order chi connectivity index (χ1) is 14.4. The van der Waals surface area contributed by atoms with Crippen molar-refractivity contribution < 1.29 is 17.6 Å². The summed E-state index contributed by atoms with van der Waals surface area (Å²) in [7, 11) is -3.31. The summed E-state index contributed by atoms with van der Waals surface area (Å²) in [5, 5.41) is 0.688. The molecule has 1 aliphatic rings. The summed E-state index contributed by atoms with van der Waals surface area (Å²) < 4.78 is 29.7. The maximum atomic E-state index is 13.2. The van der Waals surface area contributed by atoms with Crippen LogP contribution in [0.2, 0.25) is 0 Å². The molecule has 7 heteroatoms. The highest BCUT2D eigenvalue weighted by Gasteiger charge is 2.29. The molecule has 1 saturated heterocycles. The molecule has 0 bridgehead atoms. The smallest absolute Gasteiger partial charge is 0.290 e. The number of amides is 1. The Kier molecular flexibility index (Phi) is 5.92. The molecule has 0 saturated carbocycles. The zero-order chi connectivity index (χ0) is 21.1. The van der Waals surface area contributed by atoms with Gasteiger partial charge >= 0.3 is 0 Å². The van der Waals surface area contributed by atoms with Crippen LogP contribution in [0.3, 0.4) is 0 Å². The molecule has 6 nitrogen and oxygen atoms in total. The lowest BCUT2D eigenvalue weighted by Crippen LogP contribution is -2.49. The molecule has 2 aromatic carbocycles. The summed E-state index contributed by atoms with van der Waals surface area (Å²) in [6.45, 7) is 3.74. The first kappa shape index (κ1) is 20.6. The molecular weight excluding hydrogens is 400 g/mol. The third-order valence-corrected chi connectivity index (χ3v) is 6.33. The number of carbonyl (C=O) groups is 1. The lowest BCUT2D eigenvalue weighted by molar-refractivity contribution is 0.0609. The normalized spacial score (nSPS) is 15.6. The number of rotatable bonds is 6. The summed E-state index contributed by atoms with van der Waals surface area (Å²) in [4.78, 5) is 17.3. The Morgan fingerprint density at radius 1 is 0.967 bits per heavy atom. The zero-order valence-corrected chi connectivity index (χ0v) is 17.9. The van der Waals surface area contributed by atoms with E-state index >= 15 is 0 Å². The van der Waals surface area contributed by atoms with E-state index < -0.39 is 9.84 Å². The highest BCUT2D eigenvalue weighted by Crippen LogP contribution is 2.28. The third kappa shape index (κ3) is 4.74. The number of carbonyl (C=O) groups excluding carboxylic acids is 1. The minimum absolute atomic E-state index is 0.152. The number of fused-ring (bicyclic) bond motifs is 1. The van der Waals surface area contributed by atoms with Gasteiger partial charge in [-0.3, -0.25) is 9.69 Å². The second kappa shape index (κ2) is 8.62. The minimum Gasteiger partial charge on any atom is -0.451 e. The van der Waals surface area contributed by atoms with Crippen molar-refractivity contribution in [2.24, 2.45) is 0 Å². The van der Waals surface area contributed by atoms with E-state index in [0.717, 1.165) is 26.1 Å². The Morgan fingerprint density at radius 3 is 2.33 bits per heavy atom. The topological polar surface area (TPSA) is 70.8 Å². The molecule has 1 fully saturated rings. The van der Waals surface area contributed by atoms with Crippen molar-refractivity contribution in [3.63, 3.8) is 0 Å². The van der Waals surface area contributed by atoms with E-state index in [1.54, 1.807) is 17.0 Å². The Labute approximate surface area is 177 Å². The van der Waals surface area contributed by atoms with Crippen LogP contribution in [-0.4, -0.2) is 63.1 Å². The van der Waals surface area contributed by atoms with Crippen LogP contribution in [0.5, 0.6) is 0 Å². The van der Waals surface area contributed by atoms with Crippen LogP contribution in [0.15, 0.2) is 59.0 Å². The number of hydrogen-bond acceptors (Lipinski definition) is 5. The lowest BCUT2D eigenvalue weighted by atomic mass is 10.1. The van der Waals surface area contributed by atoms with Crippen molar-refractivity contribution >= 4 is 26.7 Å². The van der Waals surface area contributed by atoms with Crippen molar-refractivity contribution in [3.05, 3.63) is 71.5 Å². The van der Waals surface area contributed by atoms with E-state index in [9.17, 15) is 13.2 Å². The molecule has 0 spiro atoms.